The van der Waals surface area contributed by atoms with E-state index in [4.69, 9.17) is 9.15 Å². The Morgan fingerprint density at radius 3 is 2.69 bits per heavy atom. The van der Waals surface area contributed by atoms with Crippen molar-refractivity contribution in [2.75, 3.05) is 31.6 Å². The van der Waals surface area contributed by atoms with Crippen molar-refractivity contribution >= 4 is 11.6 Å². The molecule has 2 aromatic carbocycles. The summed E-state index contributed by atoms with van der Waals surface area (Å²) in [4.78, 5) is 21.6. The van der Waals surface area contributed by atoms with Crippen LogP contribution >= 0.6 is 0 Å². The van der Waals surface area contributed by atoms with Crippen molar-refractivity contribution in [1.29, 1.82) is 0 Å². The molecule has 1 amide bonds. The Morgan fingerprint density at radius 1 is 1.19 bits per heavy atom. The third-order valence-corrected chi connectivity index (χ3v) is 6.86. The van der Waals surface area contributed by atoms with Crippen molar-refractivity contribution in [2.45, 2.75) is 31.4 Å². The van der Waals surface area contributed by atoms with Gasteiger partial charge in [-0.1, -0.05) is 29.8 Å². The quantitative estimate of drug-likeness (QED) is 0.612. The van der Waals surface area contributed by atoms with Crippen molar-refractivity contribution in [2.24, 2.45) is 0 Å². The lowest BCUT2D eigenvalue weighted by Crippen LogP contribution is -2.74. The maximum Gasteiger partial charge on any atom is 0.276 e. The van der Waals surface area contributed by atoms with Gasteiger partial charge >= 0.3 is 0 Å². The Hall–Kier alpha value is -3.19. The van der Waals surface area contributed by atoms with Crippen molar-refractivity contribution in [1.82, 2.24) is 9.88 Å². The van der Waals surface area contributed by atoms with Gasteiger partial charge in [0.05, 0.1) is 11.6 Å². The number of carbonyl (C=O) groups is 1. The van der Waals surface area contributed by atoms with Gasteiger partial charge in [-0.2, -0.15) is 0 Å². The minimum atomic E-state index is -0.249. The Bertz CT molecular complexity index is 1140. The first kappa shape index (κ1) is 20.7. The molecule has 5 rings (SSSR count). The second-order valence-electron chi connectivity index (χ2n) is 8.61. The molecule has 1 aromatic heterocycles. The van der Waals surface area contributed by atoms with Gasteiger partial charge in [-0.15, -0.1) is 0 Å². The molecule has 1 unspecified atom stereocenters. The first-order valence-electron chi connectivity index (χ1n) is 10.9. The standard InChI is InChI=1S/C25H26FN3O3/c1-17-5-3-6-18(13-17)23-22(27-16-32-23)24(30)28-11-9-25(10-12-28)21(31-2)15-29(25)20-8-4-7-19(26)14-20/h3-8,13-14,16,21H,9-12,15H2,1-2H3. The monoisotopic (exact) mass is 435 g/mol. The van der Waals surface area contributed by atoms with Crippen LogP contribution in [0.3, 0.4) is 0 Å². The van der Waals surface area contributed by atoms with E-state index in [-0.39, 0.29) is 23.4 Å². The summed E-state index contributed by atoms with van der Waals surface area (Å²) in [6, 6.07) is 14.5. The number of hydrogen-bond donors (Lipinski definition) is 0. The van der Waals surface area contributed by atoms with Gasteiger partial charge in [-0.3, -0.25) is 4.79 Å². The van der Waals surface area contributed by atoms with E-state index >= 15 is 0 Å². The number of hydrogen-bond acceptors (Lipinski definition) is 5. The van der Waals surface area contributed by atoms with Crippen LogP contribution in [0.4, 0.5) is 10.1 Å². The van der Waals surface area contributed by atoms with Gasteiger partial charge in [-0.25, -0.2) is 9.37 Å². The molecule has 0 bridgehead atoms. The van der Waals surface area contributed by atoms with Crippen LogP contribution in [-0.4, -0.2) is 54.2 Å². The van der Waals surface area contributed by atoms with E-state index in [1.165, 1.54) is 12.5 Å². The van der Waals surface area contributed by atoms with Crippen LogP contribution < -0.4 is 4.90 Å². The molecular formula is C25H26FN3O3. The third kappa shape index (κ3) is 3.37. The number of rotatable bonds is 4. The molecule has 2 fully saturated rings. The SMILES string of the molecule is COC1CN(c2cccc(F)c2)C12CCN(C(=O)c1ncoc1-c1cccc(C)c1)CC2. The van der Waals surface area contributed by atoms with E-state index in [1.54, 1.807) is 19.2 Å². The molecule has 2 saturated heterocycles. The molecule has 2 aliphatic rings. The molecule has 166 valence electrons. The normalized spacial score (nSPS) is 19.8. The van der Waals surface area contributed by atoms with E-state index in [0.717, 1.165) is 29.7 Å². The van der Waals surface area contributed by atoms with E-state index in [0.29, 0.717) is 31.1 Å². The molecule has 3 heterocycles. The molecule has 1 spiro atoms. The first-order chi connectivity index (χ1) is 15.5. The Kier molecular flexibility index (Phi) is 5.21. The summed E-state index contributed by atoms with van der Waals surface area (Å²) >= 11 is 0. The van der Waals surface area contributed by atoms with Gasteiger partial charge < -0.3 is 19.0 Å². The number of benzene rings is 2. The lowest BCUT2D eigenvalue weighted by molar-refractivity contribution is -0.0433. The maximum atomic E-state index is 13.8. The zero-order chi connectivity index (χ0) is 22.3. The highest BCUT2D eigenvalue weighted by Crippen LogP contribution is 2.45. The Balaban J connectivity index is 1.34. The number of oxazole rings is 1. The maximum absolute atomic E-state index is 13.8. The van der Waals surface area contributed by atoms with Gasteiger partial charge in [0, 0.05) is 38.0 Å². The average molecular weight is 435 g/mol. The summed E-state index contributed by atoms with van der Waals surface area (Å²) in [7, 11) is 1.72. The van der Waals surface area contributed by atoms with Crippen LogP contribution in [0.5, 0.6) is 0 Å². The smallest absolute Gasteiger partial charge is 0.276 e. The van der Waals surface area contributed by atoms with E-state index in [2.05, 4.69) is 9.88 Å². The number of piperidine rings is 1. The number of methoxy groups -OCH3 is 1. The molecule has 2 aliphatic heterocycles. The van der Waals surface area contributed by atoms with E-state index < -0.39 is 0 Å². The van der Waals surface area contributed by atoms with Crippen molar-refractivity contribution < 1.29 is 18.3 Å². The summed E-state index contributed by atoms with van der Waals surface area (Å²) < 4.78 is 25.2. The number of carbonyl (C=O) groups excluding carboxylic acids is 1. The fourth-order valence-corrected chi connectivity index (χ4v) is 5.11. The number of anilines is 1. The lowest BCUT2D eigenvalue weighted by atomic mass is 9.73. The van der Waals surface area contributed by atoms with Crippen molar-refractivity contribution in [3.05, 3.63) is 72.0 Å². The number of aryl methyl sites for hydroxylation is 1. The van der Waals surface area contributed by atoms with Crippen molar-refractivity contribution in [3.8, 4) is 11.3 Å². The van der Waals surface area contributed by atoms with Crippen LogP contribution in [-0.2, 0) is 4.74 Å². The molecule has 0 radical (unpaired) electrons. The first-order valence-corrected chi connectivity index (χ1v) is 10.9. The summed E-state index contributed by atoms with van der Waals surface area (Å²) in [6.07, 6.45) is 2.86. The molecular weight excluding hydrogens is 409 g/mol. The number of likely N-dealkylation sites (tertiary alicyclic amines) is 1. The van der Waals surface area contributed by atoms with E-state index in [1.807, 2.05) is 42.2 Å². The number of aromatic nitrogens is 1. The Morgan fingerprint density at radius 2 is 1.97 bits per heavy atom. The second-order valence-corrected chi connectivity index (χ2v) is 8.61. The zero-order valence-corrected chi connectivity index (χ0v) is 18.3. The summed E-state index contributed by atoms with van der Waals surface area (Å²) in [5.41, 5.74) is 2.89. The predicted octanol–water partition coefficient (Wildman–Crippen LogP) is 4.30. The largest absolute Gasteiger partial charge is 0.443 e. The summed E-state index contributed by atoms with van der Waals surface area (Å²) in [5, 5.41) is 0. The van der Waals surface area contributed by atoms with Gasteiger partial charge in [0.15, 0.2) is 17.8 Å². The molecule has 0 N–H and O–H groups in total. The molecule has 0 aliphatic carbocycles. The topological polar surface area (TPSA) is 58.8 Å². The number of amides is 1. The van der Waals surface area contributed by atoms with Crippen LogP contribution in [0.25, 0.3) is 11.3 Å². The molecule has 1 atom stereocenters. The second kappa shape index (κ2) is 8.06. The van der Waals surface area contributed by atoms with Crippen LogP contribution in [0.1, 0.15) is 28.9 Å². The summed E-state index contributed by atoms with van der Waals surface area (Å²) in [5.74, 6) is 0.121. The highest BCUT2D eigenvalue weighted by atomic mass is 19.1. The highest BCUT2D eigenvalue weighted by molar-refractivity contribution is 5.97. The minimum Gasteiger partial charge on any atom is -0.443 e. The summed E-state index contributed by atoms with van der Waals surface area (Å²) in [6.45, 7) is 3.87. The van der Waals surface area contributed by atoms with Crippen LogP contribution in [0, 0.1) is 12.7 Å². The third-order valence-electron chi connectivity index (χ3n) is 6.86. The molecule has 0 saturated carbocycles. The number of nitrogens with zero attached hydrogens (tertiary/aromatic N) is 3. The van der Waals surface area contributed by atoms with E-state index in [9.17, 15) is 9.18 Å². The van der Waals surface area contributed by atoms with Gasteiger partial charge in [0.25, 0.3) is 5.91 Å². The highest BCUT2D eigenvalue weighted by Gasteiger charge is 2.55. The van der Waals surface area contributed by atoms with Gasteiger partial charge in [0.2, 0.25) is 0 Å². The predicted molar refractivity (Wildman–Crippen MR) is 119 cm³/mol. The number of halogens is 1. The van der Waals surface area contributed by atoms with Gasteiger partial charge in [-0.05, 0) is 44.0 Å². The fourth-order valence-electron chi connectivity index (χ4n) is 5.11. The number of ether oxygens (including phenoxy) is 1. The average Bonchev–Trinajstić information content (AvgIpc) is 3.28. The van der Waals surface area contributed by atoms with Crippen LogP contribution in [0.2, 0.25) is 0 Å². The minimum absolute atomic E-state index is 0.0536. The molecule has 6 nitrogen and oxygen atoms in total. The fraction of sp³-hybridized carbons (Fsp3) is 0.360. The zero-order valence-electron chi connectivity index (χ0n) is 18.3. The molecule has 3 aromatic rings. The van der Waals surface area contributed by atoms with Gasteiger partial charge in [0.1, 0.15) is 5.82 Å². The van der Waals surface area contributed by atoms with Crippen LogP contribution in [0.15, 0.2) is 59.3 Å². The molecule has 7 heteroatoms. The molecule has 32 heavy (non-hydrogen) atoms. The lowest BCUT2D eigenvalue weighted by Gasteiger charge is -2.61. The van der Waals surface area contributed by atoms with Crippen molar-refractivity contribution in [3.63, 3.8) is 0 Å². The Labute approximate surface area is 186 Å².